The third-order valence-corrected chi connectivity index (χ3v) is 9.18. The highest BCUT2D eigenvalue weighted by Crippen LogP contribution is 2.52. The minimum absolute atomic E-state index is 0.00386. The van der Waals surface area contributed by atoms with Gasteiger partial charge < -0.3 is 9.84 Å². The van der Waals surface area contributed by atoms with E-state index < -0.39 is 55.8 Å². The van der Waals surface area contributed by atoms with Gasteiger partial charge in [0.1, 0.15) is 10.6 Å². The van der Waals surface area contributed by atoms with Gasteiger partial charge in [-0.25, -0.2) is 12.8 Å². The number of hydrogen-bond donors (Lipinski definition) is 1. The SMILES string of the molecule is COC(=O)C1CCC(c2ccc(C(O)(C(F)(F)F)C(F)(F)F)cc2)(S(=O)(=O)c2ccc(F)cc2)CC1. The summed E-state index contributed by atoms with van der Waals surface area (Å²) in [7, 11) is -3.23. The molecule has 5 nitrogen and oxygen atoms in total. The molecule has 1 N–H and O–H groups in total. The van der Waals surface area contributed by atoms with E-state index in [1.807, 2.05) is 0 Å². The van der Waals surface area contributed by atoms with Crippen molar-refractivity contribution >= 4 is 15.8 Å². The molecular formula is C23H21F7O5S. The van der Waals surface area contributed by atoms with Crippen LogP contribution in [-0.2, 0) is 29.7 Å². The molecular weight excluding hydrogens is 521 g/mol. The number of alkyl halides is 6. The zero-order valence-electron chi connectivity index (χ0n) is 18.7. The lowest BCUT2D eigenvalue weighted by Crippen LogP contribution is -2.54. The molecule has 36 heavy (non-hydrogen) atoms. The molecule has 2 aromatic rings. The van der Waals surface area contributed by atoms with Crippen LogP contribution >= 0.6 is 0 Å². The van der Waals surface area contributed by atoms with E-state index in [4.69, 9.17) is 4.74 Å². The van der Waals surface area contributed by atoms with Gasteiger partial charge in [-0.2, -0.15) is 26.3 Å². The predicted molar refractivity (Wildman–Crippen MR) is 112 cm³/mol. The first-order valence-corrected chi connectivity index (χ1v) is 12.0. The lowest BCUT2D eigenvalue weighted by atomic mass is 9.77. The zero-order valence-corrected chi connectivity index (χ0v) is 19.5. The van der Waals surface area contributed by atoms with Crippen LogP contribution in [0.1, 0.15) is 36.8 Å². The van der Waals surface area contributed by atoms with Crippen LogP contribution in [0, 0.1) is 11.7 Å². The number of methoxy groups -OCH3 is 1. The Balaban J connectivity index is 2.14. The molecule has 0 saturated heterocycles. The number of sulfone groups is 1. The summed E-state index contributed by atoms with van der Waals surface area (Å²) in [4.78, 5) is 11.6. The standard InChI is InChI=1S/C23H21F7O5S/c1-35-19(31)14-10-12-20(13-11-14,36(33,34)18-8-6-17(24)7-9-18)15-2-4-16(5-3-15)21(32,22(25,26)27)23(28,29)30/h2-9,14,32H,10-13H2,1H3. The normalized spacial score (nSPS) is 21.8. The van der Waals surface area contributed by atoms with Crippen molar-refractivity contribution in [1.82, 2.24) is 0 Å². The average molecular weight is 542 g/mol. The maximum atomic E-state index is 13.7. The Labute approximate surface area is 201 Å². The number of aliphatic hydroxyl groups is 1. The molecule has 0 unspecified atom stereocenters. The Morgan fingerprint density at radius 3 is 1.81 bits per heavy atom. The molecule has 3 rings (SSSR count). The van der Waals surface area contributed by atoms with E-state index in [9.17, 15) is 49.1 Å². The van der Waals surface area contributed by atoms with E-state index in [-0.39, 0.29) is 36.1 Å². The molecule has 0 atom stereocenters. The van der Waals surface area contributed by atoms with E-state index in [1.54, 1.807) is 0 Å². The van der Waals surface area contributed by atoms with Crippen LogP contribution in [0.15, 0.2) is 53.4 Å². The highest BCUT2D eigenvalue weighted by Gasteiger charge is 2.71. The molecule has 2 aromatic carbocycles. The molecule has 0 bridgehead atoms. The van der Waals surface area contributed by atoms with Gasteiger partial charge in [0.15, 0.2) is 9.84 Å². The average Bonchev–Trinajstić information content (AvgIpc) is 2.82. The molecule has 1 aliphatic rings. The highest BCUT2D eigenvalue weighted by molar-refractivity contribution is 7.92. The van der Waals surface area contributed by atoms with E-state index in [0.717, 1.165) is 43.5 Å². The Morgan fingerprint density at radius 2 is 1.39 bits per heavy atom. The Hall–Kier alpha value is -2.67. The summed E-state index contributed by atoms with van der Waals surface area (Å²) in [5, 5.41) is 9.65. The van der Waals surface area contributed by atoms with Crippen molar-refractivity contribution in [2.24, 2.45) is 5.92 Å². The number of carbonyl (C=O) groups excluding carboxylic acids is 1. The van der Waals surface area contributed by atoms with Gasteiger partial charge in [-0.15, -0.1) is 0 Å². The van der Waals surface area contributed by atoms with E-state index in [1.165, 1.54) is 0 Å². The van der Waals surface area contributed by atoms with Gasteiger partial charge in [0.05, 0.1) is 17.9 Å². The van der Waals surface area contributed by atoms with E-state index in [0.29, 0.717) is 12.1 Å². The van der Waals surface area contributed by atoms with Gasteiger partial charge >= 0.3 is 18.3 Å². The quantitative estimate of drug-likeness (QED) is 0.321. The summed E-state index contributed by atoms with van der Waals surface area (Å²) in [6.45, 7) is 0. The minimum Gasteiger partial charge on any atom is -0.469 e. The lowest BCUT2D eigenvalue weighted by molar-refractivity contribution is -0.376. The van der Waals surface area contributed by atoms with E-state index in [2.05, 4.69) is 0 Å². The predicted octanol–water partition coefficient (Wildman–Crippen LogP) is 5.17. The second kappa shape index (κ2) is 9.33. The third kappa shape index (κ3) is 4.47. The van der Waals surface area contributed by atoms with Gasteiger partial charge in [-0.05, 0) is 55.5 Å². The first-order valence-electron chi connectivity index (χ1n) is 10.6. The molecule has 0 aromatic heterocycles. The molecule has 13 heteroatoms. The molecule has 1 aliphatic carbocycles. The molecule has 0 amide bonds. The molecule has 1 fully saturated rings. The zero-order chi connectivity index (χ0) is 27.2. The monoisotopic (exact) mass is 542 g/mol. The van der Waals surface area contributed by atoms with Gasteiger partial charge in [0, 0.05) is 5.56 Å². The van der Waals surface area contributed by atoms with Crippen molar-refractivity contribution in [3.8, 4) is 0 Å². The van der Waals surface area contributed by atoms with Crippen LogP contribution in [0.5, 0.6) is 0 Å². The number of rotatable bonds is 5. The smallest absolute Gasteiger partial charge is 0.430 e. The van der Waals surface area contributed by atoms with Crippen LogP contribution < -0.4 is 0 Å². The van der Waals surface area contributed by atoms with Crippen molar-refractivity contribution < 1.29 is 53.8 Å². The van der Waals surface area contributed by atoms with Crippen LogP contribution in [0.25, 0.3) is 0 Å². The van der Waals surface area contributed by atoms with Crippen molar-refractivity contribution in [2.75, 3.05) is 7.11 Å². The fourth-order valence-electron chi connectivity index (χ4n) is 4.54. The van der Waals surface area contributed by atoms with E-state index >= 15 is 0 Å². The third-order valence-electron chi connectivity index (χ3n) is 6.62. The summed E-state index contributed by atoms with van der Waals surface area (Å²) in [5.74, 6) is -1.97. The van der Waals surface area contributed by atoms with Crippen LogP contribution in [0.2, 0.25) is 0 Å². The second-order valence-electron chi connectivity index (χ2n) is 8.53. The number of carbonyl (C=O) groups is 1. The van der Waals surface area contributed by atoms with Crippen molar-refractivity contribution in [2.45, 2.75) is 53.3 Å². The minimum atomic E-state index is -6.11. The number of hydrogen-bond acceptors (Lipinski definition) is 5. The van der Waals surface area contributed by atoms with Crippen molar-refractivity contribution in [3.05, 3.63) is 65.5 Å². The van der Waals surface area contributed by atoms with Gasteiger partial charge in [0.25, 0.3) is 5.60 Å². The lowest BCUT2D eigenvalue weighted by Gasteiger charge is -2.40. The van der Waals surface area contributed by atoms with Gasteiger partial charge in [-0.1, -0.05) is 24.3 Å². The largest absolute Gasteiger partial charge is 0.469 e. The first-order chi connectivity index (χ1) is 16.5. The Bertz CT molecular complexity index is 1180. The van der Waals surface area contributed by atoms with Gasteiger partial charge in [0.2, 0.25) is 0 Å². The maximum Gasteiger partial charge on any atom is 0.430 e. The van der Waals surface area contributed by atoms with Crippen LogP contribution in [0.3, 0.4) is 0 Å². The number of halogens is 7. The van der Waals surface area contributed by atoms with Crippen LogP contribution in [-0.4, -0.2) is 39.0 Å². The molecule has 198 valence electrons. The fourth-order valence-corrected chi connectivity index (χ4v) is 6.71. The van der Waals surface area contributed by atoms with Gasteiger partial charge in [-0.3, -0.25) is 4.79 Å². The Kier molecular flexibility index (Phi) is 7.23. The first kappa shape index (κ1) is 27.9. The summed E-state index contributed by atoms with van der Waals surface area (Å²) < 4.78 is 123. The molecule has 0 heterocycles. The number of benzene rings is 2. The molecule has 0 aliphatic heterocycles. The number of esters is 1. The maximum absolute atomic E-state index is 13.7. The molecule has 1 saturated carbocycles. The second-order valence-corrected chi connectivity index (χ2v) is 10.8. The van der Waals surface area contributed by atoms with Crippen molar-refractivity contribution in [1.29, 1.82) is 0 Å². The summed E-state index contributed by atoms with van der Waals surface area (Å²) in [5.41, 5.74) is -6.85. The fraction of sp³-hybridized carbons (Fsp3) is 0.435. The molecule has 0 spiro atoms. The number of ether oxygens (including phenoxy) is 1. The van der Waals surface area contributed by atoms with Crippen molar-refractivity contribution in [3.63, 3.8) is 0 Å². The molecule has 0 radical (unpaired) electrons. The summed E-state index contributed by atoms with van der Waals surface area (Å²) in [6.07, 6.45) is -12.6. The summed E-state index contributed by atoms with van der Waals surface area (Å²) in [6, 6.07) is 6.13. The Morgan fingerprint density at radius 1 is 0.917 bits per heavy atom. The highest BCUT2D eigenvalue weighted by atomic mass is 32.2. The van der Waals surface area contributed by atoms with Crippen LogP contribution in [0.4, 0.5) is 30.7 Å². The summed E-state index contributed by atoms with van der Waals surface area (Å²) >= 11 is 0. The topological polar surface area (TPSA) is 80.7 Å².